The number of hydrogen-bond acceptors (Lipinski definition) is 8. The summed E-state index contributed by atoms with van der Waals surface area (Å²) in [4.78, 5) is 17.0. The van der Waals surface area contributed by atoms with E-state index in [1.807, 2.05) is 24.4 Å². The van der Waals surface area contributed by atoms with Crippen molar-refractivity contribution in [1.82, 2.24) is 19.9 Å². The van der Waals surface area contributed by atoms with Crippen LogP contribution >= 0.6 is 11.3 Å². The molecular weight excluding hydrogens is 434 g/mol. The van der Waals surface area contributed by atoms with Crippen molar-refractivity contribution >= 4 is 33.9 Å². The number of likely N-dealkylation sites (N-methyl/N-ethyl adjacent to an activating group) is 1. The van der Waals surface area contributed by atoms with Gasteiger partial charge in [0.15, 0.2) is 0 Å². The molecule has 2 aromatic carbocycles. The van der Waals surface area contributed by atoms with Crippen molar-refractivity contribution in [3.63, 3.8) is 0 Å². The summed E-state index contributed by atoms with van der Waals surface area (Å²) in [6.07, 6.45) is 4.64. The topological polar surface area (TPSA) is 83.4 Å². The second-order valence-corrected chi connectivity index (χ2v) is 10.0. The molecule has 1 aliphatic rings. The zero-order valence-corrected chi connectivity index (χ0v) is 20.0. The lowest BCUT2D eigenvalue weighted by Crippen LogP contribution is -2.26. The van der Waals surface area contributed by atoms with Crippen molar-refractivity contribution in [2.45, 2.75) is 32.4 Å². The summed E-state index contributed by atoms with van der Waals surface area (Å²) in [6.45, 7) is 5.45. The van der Waals surface area contributed by atoms with Crippen molar-refractivity contribution in [3.05, 3.63) is 58.9 Å². The first kappa shape index (κ1) is 21.8. The van der Waals surface area contributed by atoms with E-state index in [4.69, 9.17) is 9.72 Å². The summed E-state index contributed by atoms with van der Waals surface area (Å²) in [5, 5.41) is 15.2. The van der Waals surface area contributed by atoms with E-state index in [0.29, 0.717) is 11.0 Å². The minimum absolute atomic E-state index is 0.517. The lowest BCUT2D eigenvalue weighted by Gasteiger charge is -2.26. The van der Waals surface area contributed by atoms with Crippen molar-refractivity contribution in [1.29, 1.82) is 0 Å². The number of hydrogen-bond donors (Lipinski definition) is 2. The maximum absolute atomic E-state index is 10.2. The van der Waals surface area contributed by atoms with Crippen molar-refractivity contribution in [2.24, 2.45) is 0 Å². The Kier molecular flexibility index (Phi) is 5.52. The molecule has 2 N–H and O–H groups in total. The smallest absolute Gasteiger partial charge is 0.227 e. The van der Waals surface area contributed by atoms with E-state index in [0.717, 1.165) is 52.3 Å². The van der Waals surface area contributed by atoms with Crippen LogP contribution in [0, 0.1) is 0 Å². The standard InChI is InChI=1S/C25H27N5O2S/c1-25(2,31)23-26-13-22(33-23)16-5-6-17-12-27-24(28-19(17)9-16)29-20-10-18-14-30(3)8-7-15(18)11-21(20)32-4/h5-6,9-13,31H,7-8,14H2,1-4H3,(H,27,28,29). The summed E-state index contributed by atoms with van der Waals surface area (Å²) in [7, 11) is 3.82. The number of rotatable bonds is 5. The monoisotopic (exact) mass is 461 g/mol. The SMILES string of the molecule is COc1cc2c(cc1Nc1ncc3ccc(-c4cnc(C(C)(C)O)s4)cc3n1)CN(C)CC2. The molecule has 0 fully saturated rings. The van der Waals surface area contributed by atoms with Crippen LogP contribution in [0.4, 0.5) is 11.6 Å². The maximum atomic E-state index is 10.2. The van der Waals surface area contributed by atoms with Gasteiger partial charge in [-0.3, -0.25) is 0 Å². The molecule has 33 heavy (non-hydrogen) atoms. The van der Waals surface area contributed by atoms with E-state index in [1.54, 1.807) is 27.2 Å². The Balaban J connectivity index is 1.47. The van der Waals surface area contributed by atoms with Gasteiger partial charge in [-0.25, -0.2) is 15.0 Å². The predicted octanol–water partition coefficient (Wildman–Crippen LogP) is 4.72. The van der Waals surface area contributed by atoms with Gasteiger partial charge in [0.1, 0.15) is 16.4 Å². The van der Waals surface area contributed by atoms with E-state index < -0.39 is 5.60 Å². The van der Waals surface area contributed by atoms with Crippen LogP contribution in [0.25, 0.3) is 21.3 Å². The van der Waals surface area contributed by atoms with Crippen molar-refractivity contribution < 1.29 is 9.84 Å². The molecule has 0 aliphatic carbocycles. The minimum atomic E-state index is -0.957. The molecule has 2 aromatic heterocycles. The highest BCUT2D eigenvalue weighted by Crippen LogP contribution is 2.35. The van der Waals surface area contributed by atoms with Crippen LogP contribution in [-0.2, 0) is 18.6 Å². The van der Waals surface area contributed by atoms with Gasteiger partial charge in [-0.1, -0.05) is 12.1 Å². The molecule has 8 heteroatoms. The second-order valence-electron chi connectivity index (χ2n) is 8.99. The van der Waals surface area contributed by atoms with Crippen LogP contribution in [0.3, 0.4) is 0 Å². The van der Waals surface area contributed by atoms with Crippen LogP contribution in [0.5, 0.6) is 5.75 Å². The Morgan fingerprint density at radius 3 is 2.73 bits per heavy atom. The Labute approximate surface area is 197 Å². The van der Waals surface area contributed by atoms with Gasteiger partial charge >= 0.3 is 0 Å². The van der Waals surface area contributed by atoms with Crippen LogP contribution < -0.4 is 10.1 Å². The molecular formula is C25H27N5O2S. The van der Waals surface area contributed by atoms with Crippen LogP contribution in [0.15, 0.2) is 42.7 Å². The number of thiazole rings is 1. The van der Waals surface area contributed by atoms with E-state index in [-0.39, 0.29) is 0 Å². The fourth-order valence-corrected chi connectivity index (χ4v) is 4.96. The first-order valence-electron chi connectivity index (χ1n) is 10.9. The highest BCUT2D eigenvalue weighted by molar-refractivity contribution is 7.15. The molecule has 0 atom stereocenters. The number of fused-ring (bicyclic) bond motifs is 2. The molecule has 0 unspecified atom stereocenters. The molecule has 0 radical (unpaired) electrons. The number of aliphatic hydroxyl groups is 1. The molecule has 0 bridgehead atoms. The summed E-state index contributed by atoms with van der Waals surface area (Å²) >= 11 is 1.49. The van der Waals surface area contributed by atoms with Crippen LogP contribution in [-0.4, -0.2) is 45.7 Å². The minimum Gasteiger partial charge on any atom is -0.495 e. The zero-order valence-electron chi connectivity index (χ0n) is 19.2. The second kappa shape index (κ2) is 8.37. The number of anilines is 2. The van der Waals surface area contributed by atoms with Crippen LogP contribution in [0.1, 0.15) is 30.0 Å². The molecule has 5 rings (SSSR count). The van der Waals surface area contributed by atoms with Crippen molar-refractivity contribution in [3.8, 4) is 16.2 Å². The van der Waals surface area contributed by atoms with Gasteiger partial charge in [0.05, 0.1) is 23.2 Å². The van der Waals surface area contributed by atoms with E-state index >= 15 is 0 Å². The van der Waals surface area contributed by atoms with Gasteiger partial charge in [0.25, 0.3) is 0 Å². The average molecular weight is 462 g/mol. The quantitative estimate of drug-likeness (QED) is 0.445. The van der Waals surface area contributed by atoms with Crippen molar-refractivity contribution in [2.75, 3.05) is 26.0 Å². The molecule has 3 heterocycles. The zero-order chi connectivity index (χ0) is 23.2. The summed E-state index contributed by atoms with van der Waals surface area (Å²) < 4.78 is 5.65. The van der Waals surface area contributed by atoms with Crippen LogP contribution in [0.2, 0.25) is 0 Å². The fourth-order valence-electron chi connectivity index (χ4n) is 4.04. The Morgan fingerprint density at radius 2 is 1.97 bits per heavy atom. The highest BCUT2D eigenvalue weighted by Gasteiger charge is 2.21. The molecule has 170 valence electrons. The molecule has 0 saturated carbocycles. The third-order valence-electron chi connectivity index (χ3n) is 5.87. The number of aromatic nitrogens is 3. The predicted molar refractivity (Wildman–Crippen MR) is 132 cm³/mol. The Morgan fingerprint density at radius 1 is 1.12 bits per heavy atom. The first-order valence-corrected chi connectivity index (χ1v) is 11.7. The highest BCUT2D eigenvalue weighted by atomic mass is 32.1. The number of benzene rings is 2. The van der Waals surface area contributed by atoms with E-state index in [2.05, 4.69) is 39.4 Å². The Bertz CT molecular complexity index is 1330. The molecule has 0 amide bonds. The van der Waals surface area contributed by atoms with E-state index in [9.17, 15) is 5.11 Å². The molecule has 0 spiro atoms. The number of nitrogens with one attached hydrogen (secondary N) is 1. The summed E-state index contributed by atoms with van der Waals surface area (Å²) in [5.41, 5.74) is 4.37. The lowest BCUT2D eigenvalue weighted by molar-refractivity contribution is 0.0783. The number of methoxy groups -OCH3 is 1. The maximum Gasteiger partial charge on any atom is 0.227 e. The Hall–Kier alpha value is -3.07. The molecule has 0 saturated heterocycles. The summed E-state index contributed by atoms with van der Waals surface area (Å²) in [6, 6.07) is 10.3. The number of ether oxygens (including phenoxy) is 1. The van der Waals surface area contributed by atoms with Gasteiger partial charge in [0.2, 0.25) is 5.95 Å². The average Bonchev–Trinajstić information content (AvgIpc) is 3.29. The number of nitrogens with zero attached hydrogens (tertiary/aromatic N) is 4. The van der Waals surface area contributed by atoms with Gasteiger partial charge in [0, 0.05) is 30.9 Å². The third kappa shape index (κ3) is 4.42. The molecule has 1 aliphatic heterocycles. The first-order chi connectivity index (χ1) is 15.8. The van der Waals surface area contributed by atoms with Gasteiger partial charge in [-0.15, -0.1) is 11.3 Å². The third-order valence-corrected chi connectivity index (χ3v) is 7.23. The lowest BCUT2D eigenvalue weighted by atomic mass is 9.99. The fraction of sp³-hybridized carbons (Fsp3) is 0.320. The molecule has 4 aromatic rings. The van der Waals surface area contributed by atoms with Gasteiger partial charge in [-0.05, 0) is 62.2 Å². The van der Waals surface area contributed by atoms with E-state index in [1.165, 1.54) is 22.5 Å². The molecule has 7 nitrogen and oxygen atoms in total. The van der Waals surface area contributed by atoms with Gasteiger partial charge in [-0.2, -0.15) is 0 Å². The normalized spacial score (nSPS) is 14.3. The summed E-state index contributed by atoms with van der Waals surface area (Å²) in [5.74, 6) is 1.31. The largest absolute Gasteiger partial charge is 0.495 e. The van der Waals surface area contributed by atoms with Gasteiger partial charge < -0.3 is 20.1 Å².